The molecular weight excluding hydrogens is 258 g/mol. The fraction of sp³-hybridized carbons (Fsp3) is 0.615. The minimum absolute atomic E-state index is 0.0493. The molecule has 3 N–H and O–H groups in total. The molecule has 7 heteroatoms. The summed E-state index contributed by atoms with van der Waals surface area (Å²) in [5.41, 5.74) is 5.40. The third-order valence-corrected chi connectivity index (χ3v) is 3.71. The number of nitrogens with one attached hydrogen (secondary N) is 1. The Morgan fingerprint density at radius 1 is 1.50 bits per heavy atom. The summed E-state index contributed by atoms with van der Waals surface area (Å²) in [6, 6.07) is 2.97. The minimum atomic E-state index is -0.527. The Hall–Kier alpha value is -1.89. The van der Waals surface area contributed by atoms with Crippen molar-refractivity contribution in [2.45, 2.75) is 19.8 Å². The maximum atomic E-state index is 10.6. The van der Waals surface area contributed by atoms with E-state index in [0.717, 1.165) is 32.1 Å². The van der Waals surface area contributed by atoms with Gasteiger partial charge in [-0.25, -0.2) is 4.98 Å². The van der Waals surface area contributed by atoms with Gasteiger partial charge >= 0.3 is 5.69 Å². The van der Waals surface area contributed by atoms with Crippen molar-refractivity contribution < 1.29 is 4.92 Å². The van der Waals surface area contributed by atoms with Crippen molar-refractivity contribution in [3.8, 4) is 0 Å². The molecule has 0 saturated carbocycles. The Balaban J connectivity index is 1.79. The second kappa shape index (κ2) is 6.51. The molecule has 0 aliphatic carbocycles. The summed E-state index contributed by atoms with van der Waals surface area (Å²) >= 11 is 0. The van der Waals surface area contributed by atoms with Gasteiger partial charge in [-0.1, -0.05) is 6.92 Å². The molecule has 0 aromatic carbocycles. The van der Waals surface area contributed by atoms with E-state index in [1.54, 1.807) is 6.07 Å². The van der Waals surface area contributed by atoms with Crippen molar-refractivity contribution in [2.75, 3.05) is 37.2 Å². The molecule has 2 rings (SSSR count). The molecule has 0 radical (unpaired) electrons. The fourth-order valence-electron chi connectivity index (χ4n) is 2.35. The highest BCUT2D eigenvalue weighted by Gasteiger charge is 2.15. The molecule has 0 atom stereocenters. The highest BCUT2D eigenvalue weighted by Crippen LogP contribution is 2.20. The number of anilines is 2. The van der Waals surface area contributed by atoms with E-state index in [4.69, 9.17) is 5.73 Å². The Bertz CT molecular complexity index is 472. The quantitative estimate of drug-likeness (QED) is 0.629. The van der Waals surface area contributed by atoms with E-state index in [9.17, 15) is 10.1 Å². The molecule has 0 unspecified atom stereocenters. The first-order chi connectivity index (χ1) is 9.56. The number of nitro groups is 1. The zero-order chi connectivity index (χ0) is 14.5. The molecule has 1 saturated heterocycles. The minimum Gasteiger partial charge on any atom is -0.378 e. The van der Waals surface area contributed by atoms with E-state index in [-0.39, 0.29) is 11.5 Å². The molecule has 0 amide bonds. The van der Waals surface area contributed by atoms with E-state index >= 15 is 0 Å². The summed E-state index contributed by atoms with van der Waals surface area (Å²) in [5.74, 6) is 1.36. The number of hydrogen-bond donors (Lipinski definition) is 2. The van der Waals surface area contributed by atoms with Gasteiger partial charge in [-0.2, -0.15) is 0 Å². The highest BCUT2D eigenvalue weighted by molar-refractivity contribution is 5.57. The van der Waals surface area contributed by atoms with Crippen molar-refractivity contribution in [2.24, 2.45) is 5.92 Å². The maximum Gasteiger partial charge on any atom is 0.311 e. The zero-order valence-corrected chi connectivity index (χ0v) is 11.7. The standard InChI is InChI=1S/C13H21N5O2/c1-10-4-7-17(8-5-10)9-6-15-12-3-2-11(18(19)20)13(14)16-12/h2-3,10H,4-9H2,1H3,(H3,14,15,16). The van der Waals surface area contributed by atoms with Crippen LogP contribution in [0.25, 0.3) is 0 Å². The molecule has 7 nitrogen and oxygen atoms in total. The molecule has 1 aliphatic rings. The van der Waals surface area contributed by atoms with Crippen LogP contribution in [0.2, 0.25) is 0 Å². The molecular formula is C13H21N5O2. The second-order valence-electron chi connectivity index (χ2n) is 5.31. The topological polar surface area (TPSA) is 97.3 Å². The highest BCUT2D eigenvalue weighted by atomic mass is 16.6. The predicted molar refractivity (Wildman–Crippen MR) is 78.6 cm³/mol. The lowest BCUT2D eigenvalue weighted by Crippen LogP contribution is -2.36. The first kappa shape index (κ1) is 14.5. The second-order valence-corrected chi connectivity index (χ2v) is 5.31. The number of nitrogen functional groups attached to an aromatic ring is 1. The largest absolute Gasteiger partial charge is 0.378 e. The lowest BCUT2D eigenvalue weighted by molar-refractivity contribution is -0.384. The first-order valence-corrected chi connectivity index (χ1v) is 6.93. The summed E-state index contributed by atoms with van der Waals surface area (Å²) < 4.78 is 0. The summed E-state index contributed by atoms with van der Waals surface area (Å²) in [6.45, 7) is 6.28. The van der Waals surface area contributed by atoms with Crippen molar-refractivity contribution in [1.82, 2.24) is 9.88 Å². The van der Waals surface area contributed by atoms with Gasteiger partial charge in [0.1, 0.15) is 5.82 Å². The Morgan fingerprint density at radius 3 is 2.80 bits per heavy atom. The molecule has 0 spiro atoms. The number of nitrogens with two attached hydrogens (primary N) is 1. The molecule has 1 aliphatic heterocycles. The van der Waals surface area contributed by atoms with Crippen molar-refractivity contribution >= 4 is 17.3 Å². The third-order valence-electron chi connectivity index (χ3n) is 3.71. The average molecular weight is 279 g/mol. The van der Waals surface area contributed by atoms with E-state index in [0.29, 0.717) is 5.82 Å². The van der Waals surface area contributed by atoms with E-state index in [1.807, 2.05) is 0 Å². The van der Waals surface area contributed by atoms with Crippen LogP contribution in [0.5, 0.6) is 0 Å². The van der Waals surface area contributed by atoms with Gasteiger partial charge in [0, 0.05) is 19.2 Å². The van der Waals surface area contributed by atoms with Gasteiger partial charge < -0.3 is 16.0 Å². The normalized spacial score (nSPS) is 17.1. The lowest BCUT2D eigenvalue weighted by Gasteiger charge is -2.30. The van der Waals surface area contributed by atoms with Gasteiger partial charge in [-0.3, -0.25) is 10.1 Å². The number of pyridine rings is 1. The van der Waals surface area contributed by atoms with Crippen LogP contribution in [-0.4, -0.2) is 41.0 Å². The molecule has 1 aromatic heterocycles. The summed E-state index contributed by atoms with van der Waals surface area (Å²) in [5, 5.41) is 13.8. The van der Waals surface area contributed by atoms with Gasteiger partial charge in [-0.15, -0.1) is 0 Å². The first-order valence-electron chi connectivity index (χ1n) is 6.93. The SMILES string of the molecule is CC1CCN(CCNc2ccc([N+](=O)[O-])c(N)n2)CC1. The fourth-order valence-corrected chi connectivity index (χ4v) is 2.35. The lowest BCUT2D eigenvalue weighted by atomic mass is 9.99. The van der Waals surface area contributed by atoms with Crippen LogP contribution in [0.4, 0.5) is 17.3 Å². The summed E-state index contributed by atoms with van der Waals surface area (Å²) in [6.07, 6.45) is 2.51. The molecule has 20 heavy (non-hydrogen) atoms. The number of nitrogens with zero attached hydrogens (tertiary/aromatic N) is 3. The number of rotatable bonds is 5. The van der Waals surface area contributed by atoms with Gasteiger partial charge in [0.2, 0.25) is 5.82 Å². The summed E-state index contributed by atoms with van der Waals surface area (Å²) in [7, 11) is 0. The Morgan fingerprint density at radius 2 is 2.20 bits per heavy atom. The maximum absolute atomic E-state index is 10.6. The van der Waals surface area contributed by atoms with Crippen LogP contribution in [0.1, 0.15) is 19.8 Å². The Kier molecular flexibility index (Phi) is 4.73. The van der Waals surface area contributed by atoms with Crippen molar-refractivity contribution in [3.63, 3.8) is 0 Å². The summed E-state index contributed by atoms with van der Waals surface area (Å²) in [4.78, 5) is 16.5. The third kappa shape index (κ3) is 3.80. The molecule has 1 fully saturated rings. The number of aromatic nitrogens is 1. The number of likely N-dealkylation sites (tertiary alicyclic amines) is 1. The van der Waals surface area contributed by atoms with Crippen molar-refractivity contribution in [1.29, 1.82) is 0 Å². The predicted octanol–water partition coefficient (Wildman–Crippen LogP) is 1.72. The van der Waals surface area contributed by atoms with Crippen LogP contribution in [0.3, 0.4) is 0 Å². The smallest absolute Gasteiger partial charge is 0.311 e. The molecule has 0 bridgehead atoms. The molecule has 110 valence electrons. The zero-order valence-electron chi connectivity index (χ0n) is 11.7. The monoisotopic (exact) mass is 279 g/mol. The molecule has 2 heterocycles. The van der Waals surface area contributed by atoms with Crippen LogP contribution >= 0.6 is 0 Å². The van der Waals surface area contributed by atoms with E-state index in [2.05, 4.69) is 22.1 Å². The number of piperidine rings is 1. The van der Waals surface area contributed by atoms with Crippen molar-refractivity contribution in [3.05, 3.63) is 22.2 Å². The van der Waals surface area contributed by atoms with Crippen LogP contribution in [0, 0.1) is 16.0 Å². The van der Waals surface area contributed by atoms with Gasteiger partial charge in [-0.05, 0) is 37.9 Å². The van der Waals surface area contributed by atoms with E-state index in [1.165, 1.54) is 18.9 Å². The van der Waals surface area contributed by atoms with Crippen LogP contribution in [-0.2, 0) is 0 Å². The van der Waals surface area contributed by atoms with E-state index < -0.39 is 4.92 Å². The van der Waals surface area contributed by atoms with Crippen LogP contribution < -0.4 is 11.1 Å². The van der Waals surface area contributed by atoms with Crippen LogP contribution in [0.15, 0.2) is 12.1 Å². The molecule has 1 aromatic rings. The van der Waals surface area contributed by atoms with Gasteiger partial charge in [0.25, 0.3) is 0 Å². The number of hydrogen-bond acceptors (Lipinski definition) is 6. The van der Waals surface area contributed by atoms with Gasteiger partial charge in [0.05, 0.1) is 4.92 Å². The Labute approximate surface area is 118 Å². The average Bonchev–Trinajstić information content (AvgIpc) is 2.41. The van der Waals surface area contributed by atoms with Gasteiger partial charge in [0.15, 0.2) is 0 Å².